The molecule has 2 aromatic heterocycles. The summed E-state index contributed by atoms with van der Waals surface area (Å²) in [5.41, 5.74) is 10.0. The molecule has 1 amide bonds. The number of aliphatic hydroxyl groups is 1. The molecule has 0 aliphatic heterocycles. The molecule has 0 aromatic carbocycles. The number of nitrogens with one attached hydrogen (secondary N) is 1. The van der Waals surface area contributed by atoms with Gasteiger partial charge in [-0.15, -0.1) is 0 Å². The van der Waals surface area contributed by atoms with Crippen molar-refractivity contribution in [3.05, 3.63) is 36.4 Å². The summed E-state index contributed by atoms with van der Waals surface area (Å²) < 4.78 is 0. The number of nitrogens with two attached hydrogens (primary N) is 2. The van der Waals surface area contributed by atoms with Gasteiger partial charge in [-0.3, -0.25) is 4.79 Å². The lowest BCUT2D eigenvalue weighted by molar-refractivity contribution is 0.0691. The molecule has 0 spiro atoms. The van der Waals surface area contributed by atoms with Gasteiger partial charge in [-0.1, -0.05) is 0 Å². The largest absolute Gasteiger partial charge is 0.476 e. The van der Waals surface area contributed by atoms with Gasteiger partial charge >= 0.3 is 5.97 Å². The number of amides is 1. The van der Waals surface area contributed by atoms with Crippen molar-refractivity contribution in [2.24, 2.45) is 0 Å². The first-order chi connectivity index (χ1) is 11.6. The molecule has 7 N–H and O–H groups in total. The average Bonchev–Trinajstić information content (AvgIpc) is 2.53. The minimum absolute atomic E-state index is 0.0787. The first-order valence-electron chi connectivity index (χ1n) is 6.96. The van der Waals surface area contributed by atoms with Crippen molar-refractivity contribution in [1.82, 2.24) is 25.3 Å². The lowest BCUT2D eigenvalue weighted by atomic mass is 10.1. The van der Waals surface area contributed by atoms with E-state index in [1.54, 1.807) is 13.8 Å². The van der Waals surface area contributed by atoms with Crippen LogP contribution in [0.15, 0.2) is 25.0 Å². The smallest absolute Gasteiger partial charge is 0.356 e. The lowest BCUT2D eigenvalue weighted by Crippen LogP contribution is -2.38. The third-order valence-corrected chi connectivity index (χ3v) is 2.58. The molecule has 0 aliphatic rings. The standard InChI is InChI=1S/C9H14N4O2.C5H5N3O2/c1-9(2,15)4-12-8(14)7-6(10)3-11-5-13-7;6-3-1-7-2-8-4(3)5(9)10/h3,5,15H,4,10H2,1-2H3,(H,12,14);1-2H,6H2,(H,9,10). The second kappa shape index (κ2) is 8.49. The highest BCUT2D eigenvalue weighted by molar-refractivity contribution is 5.96. The number of aromatic carboxylic acids is 1. The summed E-state index contributed by atoms with van der Waals surface area (Å²) in [4.78, 5) is 36.2. The van der Waals surface area contributed by atoms with Crippen LogP contribution in [0.25, 0.3) is 0 Å². The van der Waals surface area contributed by atoms with Crippen LogP contribution >= 0.6 is 0 Å². The minimum atomic E-state index is -1.14. The first-order valence-corrected chi connectivity index (χ1v) is 6.96. The molecule has 0 fully saturated rings. The molecular formula is C14H19N7O4. The fourth-order valence-corrected chi connectivity index (χ4v) is 1.43. The van der Waals surface area contributed by atoms with Gasteiger partial charge < -0.3 is 27.0 Å². The van der Waals surface area contributed by atoms with E-state index in [1.807, 2.05) is 0 Å². The van der Waals surface area contributed by atoms with Crippen molar-refractivity contribution in [2.45, 2.75) is 19.4 Å². The van der Waals surface area contributed by atoms with Crippen molar-refractivity contribution < 1.29 is 19.8 Å². The Morgan fingerprint density at radius 2 is 1.56 bits per heavy atom. The molecule has 0 aliphatic carbocycles. The van der Waals surface area contributed by atoms with E-state index in [9.17, 15) is 14.7 Å². The Kier molecular flexibility index (Phi) is 6.70. The first kappa shape index (κ1) is 19.7. The average molecular weight is 349 g/mol. The van der Waals surface area contributed by atoms with Crippen LogP contribution in [0, 0.1) is 0 Å². The molecule has 0 radical (unpaired) electrons. The van der Waals surface area contributed by atoms with Gasteiger partial charge in [0.05, 0.1) is 29.4 Å². The number of carbonyl (C=O) groups excluding carboxylic acids is 1. The second-order valence-corrected chi connectivity index (χ2v) is 5.45. The fourth-order valence-electron chi connectivity index (χ4n) is 1.43. The number of hydrogen-bond donors (Lipinski definition) is 5. The van der Waals surface area contributed by atoms with E-state index in [-0.39, 0.29) is 29.3 Å². The Bertz CT molecular complexity index is 746. The zero-order valence-electron chi connectivity index (χ0n) is 13.7. The van der Waals surface area contributed by atoms with E-state index in [0.29, 0.717) is 0 Å². The molecule has 11 heteroatoms. The predicted molar refractivity (Wildman–Crippen MR) is 88.5 cm³/mol. The molecule has 11 nitrogen and oxygen atoms in total. The number of carbonyl (C=O) groups is 2. The number of nitrogens with zero attached hydrogens (tertiary/aromatic N) is 4. The third kappa shape index (κ3) is 6.74. The molecule has 25 heavy (non-hydrogen) atoms. The van der Waals surface area contributed by atoms with Crippen LogP contribution in [-0.4, -0.2) is 54.2 Å². The fraction of sp³-hybridized carbons (Fsp3) is 0.286. The molecule has 0 saturated heterocycles. The highest BCUT2D eigenvalue weighted by atomic mass is 16.4. The molecule has 134 valence electrons. The number of hydrogen-bond acceptors (Lipinski definition) is 9. The van der Waals surface area contributed by atoms with Gasteiger partial charge in [-0.05, 0) is 13.8 Å². The predicted octanol–water partition coefficient (Wildman–Crippen LogP) is -0.683. The van der Waals surface area contributed by atoms with Gasteiger partial charge in [0, 0.05) is 6.54 Å². The lowest BCUT2D eigenvalue weighted by Gasteiger charge is -2.17. The quantitative estimate of drug-likeness (QED) is 0.472. The number of carboxylic acid groups (broad SMARTS) is 1. The summed E-state index contributed by atoms with van der Waals surface area (Å²) in [5, 5.41) is 20.3. The summed E-state index contributed by atoms with van der Waals surface area (Å²) in [7, 11) is 0. The summed E-state index contributed by atoms with van der Waals surface area (Å²) >= 11 is 0. The maximum absolute atomic E-state index is 11.5. The van der Waals surface area contributed by atoms with Crippen LogP contribution in [0.3, 0.4) is 0 Å². The number of carboxylic acids is 1. The van der Waals surface area contributed by atoms with Gasteiger partial charge in [0.15, 0.2) is 11.4 Å². The summed E-state index contributed by atoms with van der Waals surface area (Å²) in [6, 6.07) is 0. The SMILES string of the molecule is CC(C)(O)CNC(=O)c1ncncc1N.Nc1cncnc1C(=O)O. The molecule has 0 atom stereocenters. The van der Waals surface area contributed by atoms with E-state index in [0.717, 1.165) is 6.33 Å². The van der Waals surface area contributed by atoms with Crippen molar-refractivity contribution in [1.29, 1.82) is 0 Å². The van der Waals surface area contributed by atoms with Gasteiger partial charge in [0.1, 0.15) is 12.7 Å². The minimum Gasteiger partial charge on any atom is -0.476 e. The summed E-state index contributed by atoms with van der Waals surface area (Å²) in [6.07, 6.45) is 4.98. The van der Waals surface area contributed by atoms with Gasteiger partial charge in [0.2, 0.25) is 0 Å². The summed E-state index contributed by atoms with van der Waals surface area (Å²) in [6.45, 7) is 3.32. The Hall–Kier alpha value is -3.34. The van der Waals surface area contributed by atoms with Crippen LogP contribution in [-0.2, 0) is 0 Å². The molecule has 2 rings (SSSR count). The molecule has 0 saturated carbocycles. The third-order valence-electron chi connectivity index (χ3n) is 2.58. The van der Waals surface area contributed by atoms with Crippen LogP contribution < -0.4 is 16.8 Å². The number of rotatable bonds is 4. The Morgan fingerprint density at radius 3 is 1.92 bits per heavy atom. The normalized spacial score (nSPS) is 10.4. The molecule has 2 heterocycles. The Balaban J connectivity index is 0.000000271. The van der Waals surface area contributed by atoms with E-state index in [4.69, 9.17) is 16.6 Å². The van der Waals surface area contributed by atoms with Crippen LogP contribution in [0.4, 0.5) is 11.4 Å². The monoisotopic (exact) mass is 349 g/mol. The highest BCUT2D eigenvalue weighted by Gasteiger charge is 2.16. The van der Waals surface area contributed by atoms with E-state index in [1.165, 1.54) is 18.7 Å². The Labute approximate surface area is 143 Å². The van der Waals surface area contributed by atoms with Crippen molar-refractivity contribution >= 4 is 23.3 Å². The van der Waals surface area contributed by atoms with Crippen LogP contribution in [0.2, 0.25) is 0 Å². The van der Waals surface area contributed by atoms with Crippen molar-refractivity contribution in [3.63, 3.8) is 0 Å². The molecule has 0 bridgehead atoms. The maximum Gasteiger partial charge on any atom is 0.356 e. The number of aromatic nitrogens is 4. The molecular weight excluding hydrogens is 330 g/mol. The van der Waals surface area contributed by atoms with Gasteiger partial charge in [-0.2, -0.15) is 0 Å². The maximum atomic E-state index is 11.5. The second-order valence-electron chi connectivity index (χ2n) is 5.45. The number of anilines is 2. The van der Waals surface area contributed by atoms with Gasteiger partial charge in [0.25, 0.3) is 5.91 Å². The Morgan fingerprint density at radius 1 is 1.08 bits per heavy atom. The summed E-state index contributed by atoms with van der Waals surface area (Å²) in [5.74, 6) is -1.56. The van der Waals surface area contributed by atoms with E-state index in [2.05, 4.69) is 25.3 Å². The van der Waals surface area contributed by atoms with E-state index >= 15 is 0 Å². The topological polar surface area (TPSA) is 190 Å². The van der Waals surface area contributed by atoms with Gasteiger partial charge in [-0.25, -0.2) is 24.7 Å². The van der Waals surface area contributed by atoms with E-state index < -0.39 is 17.5 Å². The molecule has 0 unspecified atom stereocenters. The van der Waals surface area contributed by atoms with Crippen molar-refractivity contribution in [3.8, 4) is 0 Å². The van der Waals surface area contributed by atoms with Crippen LogP contribution in [0.5, 0.6) is 0 Å². The highest BCUT2D eigenvalue weighted by Crippen LogP contribution is 2.05. The zero-order chi connectivity index (χ0) is 19.0. The number of nitrogen functional groups attached to an aromatic ring is 2. The zero-order valence-corrected chi connectivity index (χ0v) is 13.7. The van der Waals surface area contributed by atoms with Crippen LogP contribution in [0.1, 0.15) is 34.8 Å². The molecule has 2 aromatic rings. The van der Waals surface area contributed by atoms with Crippen molar-refractivity contribution in [2.75, 3.05) is 18.0 Å².